The van der Waals surface area contributed by atoms with Gasteiger partial charge < -0.3 is 4.74 Å². The number of rotatable bonds is 8. The summed E-state index contributed by atoms with van der Waals surface area (Å²) in [6, 6.07) is 17.1. The molecule has 0 aliphatic rings. The van der Waals surface area contributed by atoms with Crippen molar-refractivity contribution in [2.24, 2.45) is 0 Å². The van der Waals surface area contributed by atoms with E-state index in [4.69, 9.17) is 4.74 Å². The molecule has 0 fully saturated rings. The Hall–Kier alpha value is -3.46. The molecule has 9 heteroatoms. The third-order valence-electron chi connectivity index (χ3n) is 4.50. The van der Waals surface area contributed by atoms with Crippen LogP contribution in [0.1, 0.15) is 19.8 Å². The van der Waals surface area contributed by atoms with Gasteiger partial charge in [-0.15, -0.1) is 10.2 Å². The molecule has 0 saturated carbocycles. The Morgan fingerprint density at radius 1 is 1.00 bits per heavy atom. The predicted molar refractivity (Wildman–Crippen MR) is 114 cm³/mol. The average Bonchev–Trinajstić information content (AvgIpc) is 3.22. The van der Waals surface area contributed by atoms with Crippen LogP contribution in [0.2, 0.25) is 0 Å². The fourth-order valence-corrected chi connectivity index (χ4v) is 3.91. The first-order chi connectivity index (χ1) is 14.5. The zero-order valence-corrected chi connectivity index (χ0v) is 17.2. The van der Waals surface area contributed by atoms with Crippen LogP contribution >= 0.6 is 0 Å². The SMILES string of the molecule is CCCCOc1ccc(S(=O)(=O)Nc2ccc(-c3ccc4nncn4n3)cc2)cc1. The number of aromatic nitrogens is 4. The van der Waals surface area contributed by atoms with E-state index < -0.39 is 10.0 Å². The summed E-state index contributed by atoms with van der Waals surface area (Å²) in [5.41, 5.74) is 2.70. The molecule has 0 aliphatic heterocycles. The minimum atomic E-state index is -3.70. The Morgan fingerprint density at radius 3 is 2.50 bits per heavy atom. The van der Waals surface area contributed by atoms with Gasteiger partial charge in [0.1, 0.15) is 12.1 Å². The summed E-state index contributed by atoms with van der Waals surface area (Å²) in [5, 5.41) is 12.2. The Bertz CT molecular complexity index is 1240. The van der Waals surface area contributed by atoms with Gasteiger partial charge in [-0.2, -0.15) is 9.61 Å². The van der Waals surface area contributed by atoms with Crippen molar-refractivity contribution < 1.29 is 13.2 Å². The van der Waals surface area contributed by atoms with Gasteiger partial charge in [-0.25, -0.2) is 8.42 Å². The number of nitrogens with one attached hydrogen (secondary N) is 1. The van der Waals surface area contributed by atoms with Crippen LogP contribution in [-0.4, -0.2) is 34.8 Å². The number of unbranched alkanes of at least 4 members (excludes halogenated alkanes) is 1. The molecule has 0 amide bonds. The lowest BCUT2D eigenvalue weighted by atomic mass is 10.1. The lowest BCUT2D eigenvalue weighted by Gasteiger charge is -2.10. The highest BCUT2D eigenvalue weighted by Gasteiger charge is 2.14. The third kappa shape index (κ3) is 4.41. The molecule has 2 aromatic heterocycles. The molecule has 30 heavy (non-hydrogen) atoms. The van der Waals surface area contributed by atoms with Gasteiger partial charge in [-0.3, -0.25) is 4.72 Å². The van der Waals surface area contributed by atoms with Crippen LogP contribution in [0.5, 0.6) is 5.75 Å². The molecule has 0 bridgehead atoms. The first-order valence-corrected chi connectivity index (χ1v) is 11.1. The second-order valence-corrected chi connectivity index (χ2v) is 8.39. The monoisotopic (exact) mass is 423 g/mol. The fourth-order valence-electron chi connectivity index (χ4n) is 2.85. The van der Waals surface area contributed by atoms with Crippen LogP contribution < -0.4 is 9.46 Å². The number of ether oxygens (including phenoxy) is 1. The summed E-state index contributed by atoms with van der Waals surface area (Å²) < 4.78 is 35.1. The number of fused-ring (bicyclic) bond motifs is 1. The van der Waals surface area contributed by atoms with Crippen molar-refractivity contribution in [1.29, 1.82) is 0 Å². The quantitative estimate of drug-likeness (QED) is 0.433. The van der Waals surface area contributed by atoms with E-state index in [0.717, 1.165) is 24.1 Å². The number of sulfonamides is 1. The minimum Gasteiger partial charge on any atom is -0.494 e. The molecular formula is C21H21N5O3S. The van der Waals surface area contributed by atoms with Gasteiger partial charge in [0, 0.05) is 11.3 Å². The molecule has 2 heterocycles. The second-order valence-electron chi connectivity index (χ2n) is 6.71. The van der Waals surface area contributed by atoms with E-state index in [2.05, 4.69) is 26.9 Å². The standard InChI is InChI=1S/C21H21N5O3S/c1-2-3-14-29-18-8-10-19(11-9-18)30(27,28)25-17-6-4-16(5-7-17)20-12-13-21-23-22-15-26(21)24-20/h4-13,15,25H,2-3,14H2,1H3. The van der Waals surface area contributed by atoms with Gasteiger partial charge in [0.05, 0.1) is 17.2 Å². The number of anilines is 1. The average molecular weight is 423 g/mol. The maximum absolute atomic E-state index is 12.7. The Balaban J connectivity index is 1.46. The van der Waals surface area contributed by atoms with Crippen molar-refractivity contribution in [2.75, 3.05) is 11.3 Å². The summed E-state index contributed by atoms with van der Waals surface area (Å²) >= 11 is 0. The van der Waals surface area contributed by atoms with Gasteiger partial charge in [-0.05, 0) is 55.0 Å². The van der Waals surface area contributed by atoms with E-state index in [9.17, 15) is 8.42 Å². The van der Waals surface area contributed by atoms with E-state index in [1.165, 1.54) is 18.5 Å². The van der Waals surface area contributed by atoms with Gasteiger partial charge in [0.2, 0.25) is 0 Å². The number of nitrogens with zero attached hydrogens (tertiary/aromatic N) is 4. The van der Waals surface area contributed by atoms with Crippen molar-refractivity contribution in [1.82, 2.24) is 19.8 Å². The van der Waals surface area contributed by atoms with Crippen LogP contribution in [0.15, 0.2) is 71.9 Å². The normalized spacial score (nSPS) is 11.5. The zero-order valence-electron chi connectivity index (χ0n) is 16.4. The van der Waals surface area contributed by atoms with Crippen molar-refractivity contribution in [3.8, 4) is 17.0 Å². The first kappa shape index (κ1) is 19.8. The number of benzene rings is 2. The molecule has 0 spiro atoms. The van der Waals surface area contributed by atoms with Crippen molar-refractivity contribution >= 4 is 21.4 Å². The minimum absolute atomic E-state index is 0.175. The second kappa shape index (κ2) is 8.50. The summed E-state index contributed by atoms with van der Waals surface area (Å²) in [7, 11) is -3.70. The first-order valence-electron chi connectivity index (χ1n) is 9.58. The number of hydrogen-bond acceptors (Lipinski definition) is 6. The molecule has 8 nitrogen and oxygen atoms in total. The smallest absolute Gasteiger partial charge is 0.261 e. The zero-order chi connectivity index (χ0) is 21.0. The van der Waals surface area contributed by atoms with Crippen LogP contribution in [0.3, 0.4) is 0 Å². The lowest BCUT2D eigenvalue weighted by Crippen LogP contribution is -2.12. The summed E-state index contributed by atoms with van der Waals surface area (Å²) in [6.45, 7) is 2.70. The van der Waals surface area contributed by atoms with E-state index in [0.29, 0.717) is 23.7 Å². The van der Waals surface area contributed by atoms with Gasteiger partial charge in [-0.1, -0.05) is 25.5 Å². The molecular weight excluding hydrogens is 402 g/mol. The van der Waals surface area contributed by atoms with Crippen molar-refractivity contribution in [3.63, 3.8) is 0 Å². The van der Waals surface area contributed by atoms with Crippen molar-refractivity contribution in [2.45, 2.75) is 24.7 Å². The Kier molecular flexibility index (Phi) is 5.62. The van der Waals surface area contributed by atoms with E-state index in [-0.39, 0.29) is 4.90 Å². The van der Waals surface area contributed by atoms with E-state index in [1.807, 2.05) is 12.1 Å². The molecule has 0 atom stereocenters. The Labute approximate surface area is 174 Å². The van der Waals surface area contributed by atoms with E-state index >= 15 is 0 Å². The molecule has 0 unspecified atom stereocenters. The molecule has 4 rings (SSSR count). The molecule has 2 aromatic carbocycles. The molecule has 0 saturated heterocycles. The summed E-state index contributed by atoms with van der Waals surface area (Å²) in [4.78, 5) is 0.175. The molecule has 4 aromatic rings. The van der Waals surface area contributed by atoms with Crippen LogP contribution in [-0.2, 0) is 10.0 Å². The number of hydrogen-bond donors (Lipinski definition) is 1. The van der Waals surface area contributed by atoms with Crippen LogP contribution in [0.25, 0.3) is 16.9 Å². The maximum Gasteiger partial charge on any atom is 0.261 e. The van der Waals surface area contributed by atoms with Gasteiger partial charge in [0.15, 0.2) is 5.65 Å². The fraction of sp³-hybridized carbons (Fsp3) is 0.190. The third-order valence-corrected chi connectivity index (χ3v) is 5.89. The van der Waals surface area contributed by atoms with Crippen LogP contribution in [0.4, 0.5) is 5.69 Å². The molecule has 1 N–H and O–H groups in total. The Morgan fingerprint density at radius 2 is 1.77 bits per heavy atom. The molecule has 0 radical (unpaired) electrons. The highest BCUT2D eigenvalue weighted by atomic mass is 32.2. The van der Waals surface area contributed by atoms with Gasteiger partial charge >= 0.3 is 0 Å². The lowest BCUT2D eigenvalue weighted by molar-refractivity contribution is 0.309. The topological polar surface area (TPSA) is 98.5 Å². The van der Waals surface area contributed by atoms with E-state index in [1.54, 1.807) is 40.9 Å². The van der Waals surface area contributed by atoms with Crippen LogP contribution in [0, 0.1) is 0 Å². The summed E-state index contributed by atoms with van der Waals surface area (Å²) in [5.74, 6) is 0.657. The predicted octanol–water partition coefficient (Wildman–Crippen LogP) is 3.77. The van der Waals surface area contributed by atoms with Gasteiger partial charge in [0.25, 0.3) is 10.0 Å². The maximum atomic E-state index is 12.7. The highest BCUT2D eigenvalue weighted by Crippen LogP contribution is 2.23. The highest BCUT2D eigenvalue weighted by molar-refractivity contribution is 7.92. The molecule has 154 valence electrons. The summed E-state index contributed by atoms with van der Waals surface area (Å²) in [6.07, 6.45) is 3.53. The largest absolute Gasteiger partial charge is 0.494 e. The van der Waals surface area contributed by atoms with Crippen molar-refractivity contribution in [3.05, 3.63) is 67.0 Å². The molecule has 0 aliphatic carbocycles.